The van der Waals surface area contributed by atoms with Crippen LogP contribution in [-0.2, 0) is 4.84 Å². The highest BCUT2D eigenvalue weighted by molar-refractivity contribution is 5.94. The largest absolute Gasteiger partial charge is 0.508 e. The fraction of sp³-hybridized carbons (Fsp3) is 0.350. The van der Waals surface area contributed by atoms with E-state index in [1.165, 1.54) is 30.3 Å². The van der Waals surface area contributed by atoms with Crippen molar-refractivity contribution in [2.45, 2.75) is 32.1 Å². The van der Waals surface area contributed by atoms with Gasteiger partial charge < -0.3 is 24.2 Å². The highest BCUT2D eigenvalue weighted by Gasteiger charge is 2.14. The Kier molecular flexibility index (Phi) is 6.38. The molecule has 0 aliphatic rings. The number of rotatable bonds is 10. The Morgan fingerprint density at radius 3 is 2.45 bits per heavy atom. The van der Waals surface area contributed by atoms with Crippen LogP contribution in [0.4, 0.5) is 0 Å². The van der Waals surface area contributed by atoms with Crippen LogP contribution in [0.1, 0.15) is 32.1 Å². The Hall–Kier alpha value is -3.49. The first-order chi connectivity index (χ1) is 14.0. The molecular formula is C20H21NO8. The van der Waals surface area contributed by atoms with Crippen LogP contribution in [-0.4, -0.2) is 28.5 Å². The summed E-state index contributed by atoms with van der Waals surface area (Å²) in [6.07, 6.45) is 4.01. The first-order valence-corrected chi connectivity index (χ1v) is 9.28. The summed E-state index contributed by atoms with van der Waals surface area (Å²) in [7, 11) is 0. The Bertz CT molecular complexity index is 1080. The molecule has 9 nitrogen and oxygen atoms in total. The molecule has 1 aromatic heterocycles. The fourth-order valence-corrected chi connectivity index (χ4v) is 3.07. The van der Waals surface area contributed by atoms with Crippen molar-refractivity contribution in [3.8, 4) is 17.2 Å². The minimum absolute atomic E-state index is 0.0263. The maximum absolute atomic E-state index is 12.6. The van der Waals surface area contributed by atoms with Crippen LogP contribution in [0, 0.1) is 10.1 Å². The number of phenolic OH excluding ortho intramolecular Hbond substituents is 2. The Morgan fingerprint density at radius 2 is 1.69 bits per heavy atom. The van der Waals surface area contributed by atoms with Gasteiger partial charge in [0.25, 0.3) is 5.09 Å². The third kappa shape index (κ3) is 5.07. The molecule has 3 aromatic rings. The maximum Gasteiger partial charge on any atom is 0.294 e. The van der Waals surface area contributed by atoms with Gasteiger partial charge in [-0.3, -0.25) is 4.79 Å². The van der Waals surface area contributed by atoms with Crippen molar-refractivity contribution in [2.24, 2.45) is 0 Å². The van der Waals surface area contributed by atoms with Crippen molar-refractivity contribution in [3.05, 3.63) is 50.7 Å². The zero-order valence-corrected chi connectivity index (χ0v) is 15.6. The van der Waals surface area contributed by atoms with Gasteiger partial charge in [0.05, 0.1) is 18.6 Å². The summed E-state index contributed by atoms with van der Waals surface area (Å²) in [5, 5.41) is 29.4. The lowest BCUT2D eigenvalue weighted by Crippen LogP contribution is -2.03. The standard InChI is InChI=1S/C20H21NO8/c22-13-6-7-15-17(10-13)29-18-12-14(11-16(23)19(18)20(15)24)27-8-4-2-1-3-5-9-28-21(25)26/h6-7,10-12,22-23H,1-5,8-9H2. The lowest BCUT2D eigenvalue weighted by molar-refractivity contribution is -0.757. The average molecular weight is 403 g/mol. The summed E-state index contributed by atoms with van der Waals surface area (Å²) < 4.78 is 11.3. The molecular weight excluding hydrogens is 382 g/mol. The van der Waals surface area contributed by atoms with Gasteiger partial charge >= 0.3 is 0 Å². The molecule has 0 aliphatic heterocycles. The van der Waals surface area contributed by atoms with Gasteiger partial charge in [-0.25, -0.2) is 0 Å². The molecule has 154 valence electrons. The predicted molar refractivity (Wildman–Crippen MR) is 105 cm³/mol. The zero-order valence-electron chi connectivity index (χ0n) is 15.6. The van der Waals surface area contributed by atoms with Gasteiger partial charge in [0.2, 0.25) is 5.43 Å². The molecule has 9 heteroatoms. The summed E-state index contributed by atoms with van der Waals surface area (Å²) in [5.74, 6) is 0.116. The summed E-state index contributed by atoms with van der Waals surface area (Å²) in [6, 6.07) is 7.09. The summed E-state index contributed by atoms with van der Waals surface area (Å²) in [6.45, 7) is 0.520. The molecule has 2 aromatic carbocycles. The highest BCUT2D eigenvalue weighted by atomic mass is 16.9. The topological polar surface area (TPSA) is 132 Å². The first-order valence-electron chi connectivity index (χ1n) is 9.28. The SMILES string of the molecule is O=c1c2ccc(O)cc2oc2cc(OCCCCCCCO[N+](=O)[O-])cc(O)c12. The molecule has 0 amide bonds. The third-order valence-corrected chi connectivity index (χ3v) is 4.47. The van der Waals surface area contributed by atoms with E-state index >= 15 is 0 Å². The minimum Gasteiger partial charge on any atom is -0.508 e. The van der Waals surface area contributed by atoms with Crippen LogP contribution >= 0.6 is 0 Å². The third-order valence-electron chi connectivity index (χ3n) is 4.47. The Morgan fingerprint density at radius 1 is 0.966 bits per heavy atom. The molecule has 0 saturated heterocycles. The van der Waals surface area contributed by atoms with E-state index in [4.69, 9.17) is 9.15 Å². The smallest absolute Gasteiger partial charge is 0.294 e. The van der Waals surface area contributed by atoms with E-state index in [9.17, 15) is 25.1 Å². The quantitative estimate of drug-likeness (QED) is 0.225. The molecule has 0 bridgehead atoms. The van der Waals surface area contributed by atoms with Crippen molar-refractivity contribution >= 4 is 21.9 Å². The lowest BCUT2D eigenvalue weighted by atomic mass is 10.1. The van der Waals surface area contributed by atoms with E-state index in [1.54, 1.807) is 0 Å². The van der Waals surface area contributed by atoms with Gasteiger partial charge in [-0.15, -0.1) is 10.1 Å². The number of hydrogen-bond acceptors (Lipinski definition) is 8. The second-order valence-electron chi connectivity index (χ2n) is 6.60. The van der Waals surface area contributed by atoms with Crippen LogP contribution in [0.25, 0.3) is 21.9 Å². The fourth-order valence-electron chi connectivity index (χ4n) is 3.07. The Labute approximate surface area is 165 Å². The average Bonchev–Trinajstić information content (AvgIpc) is 2.65. The van der Waals surface area contributed by atoms with E-state index in [-0.39, 0.29) is 45.5 Å². The molecule has 0 aliphatic carbocycles. The first kappa shape index (κ1) is 20.2. The second kappa shape index (κ2) is 9.13. The molecule has 0 atom stereocenters. The summed E-state index contributed by atoms with van der Waals surface area (Å²) in [4.78, 5) is 26.9. The molecule has 3 rings (SSSR count). The van der Waals surface area contributed by atoms with Crippen LogP contribution in [0.15, 0.2) is 39.5 Å². The molecule has 29 heavy (non-hydrogen) atoms. The Balaban J connectivity index is 1.59. The number of phenols is 2. The van der Waals surface area contributed by atoms with Gasteiger partial charge in [0, 0.05) is 18.2 Å². The van der Waals surface area contributed by atoms with Gasteiger partial charge in [-0.05, 0) is 25.0 Å². The van der Waals surface area contributed by atoms with Gasteiger partial charge in [-0.2, -0.15) is 0 Å². The number of ether oxygens (including phenoxy) is 1. The van der Waals surface area contributed by atoms with Gasteiger partial charge in [0.15, 0.2) is 0 Å². The molecule has 1 heterocycles. The number of hydrogen-bond donors (Lipinski definition) is 2. The van der Waals surface area contributed by atoms with Crippen molar-refractivity contribution < 1.29 is 29.3 Å². The van der Waals surface area contributed by atoms with Crippen LogP contribution in [0.5, 0.6) is 17.2 Å². The maximum atomic E-state index is 12.6. The zero-order chi connectivity index (χ0) is 20.8. The molecule has 0 saturated carbocycles. The minimum atomic E-state index is -0.791. The van der Waals surface area contributed by atoms with Crippen molar-refractivity contribution in [2.75, 3.05) is 13.2 Å². The molecule has 0 radical (unpaired) electrons. The van der Waals surface area contributed by atoms with Crippen LogP contribution in [0.2, 0.25) is 0 Å². The normalized spacial score (nSPS) is 11.0. The summed E-state index contributed by atoms with van der Waals surface area (Å²) >= 11 is 0. The van der Waals surface area contributed by atoms with E-state index in [0.717, 1.165) is 25.7 Å². The van der Waals surface area contributed by atoms with E-state index in [2.05, 4.69) is 4.84 Å². The van der Waals surface area contributed by atoms with Gasteiger partial charge in [-0.1, -0.05) is 19.3 Å². The van der Waals surface area contributed by atoms with Crippen LogP contribution in [0.3, 0.4) is 0 Å². The van der Waals surface area contributed by atoms with E-state index in [0.29, 0.717) is 18.8 Å². The number of nitrogens with zero attached hydrogens (tertiary/aromatic N) is 1. The number of unbranched alkanes of at least 4 members (excludes halogenated alkanes) is 4. The highest BCUT2D eigenvalue weighted by Crippen LogP contribution is 2.31. The van der Waals surface area contributed by atoms with Crippen molar-refractivity contribution in [1.82, 2.24) is 0 Å². The predicted octanol–water partition coefficient (Wildman–Crippen LogP) is 3.90. The van der Waals surface area contributed by atoms with E-state index in [1.807, 2.05) is 0 Å². The lowest BCUT2D eigenvalue weighted by Gasteiger charge is -2.09. The number of fused-ring (bicyclic) bond motifs is 2. The molecule has 2 N–H and O–H groups in total. The van der Waals surface area contributed by atoms with Gasteiger partial charge in [0.1, 0.15) is 33.8 Å². The van der Waals surface area contributed by atoms with E-state index < -0.39 is 5.09 Å². The monoisotopic (exact) mass is 403 g/mol. The number of aromatic hydroxyl groups is 2. The van der Waals surface area contributed by atoms with Crippen molar-refractivity contribution in [1.29, 1.82) is 0 Å². The van der Waals surface area contributed by atoms with Crippen molar-refractivity contribution in [3.63, 3.8) is 0 Å². The van der Waals surface area contributed by atoms with Crippen LogP contribution < -0.4 is 10.2 Å². The molecule has 0 spiro atoms. The number of benzene rings is 2. The molecule has 0 unspecified atom stereocenters. The second-order valence-corrected chi connectivity index (χ2v) is 6.60. The molecule has 0 fully saturated rings. The summed E-state index contributed by atoms with van der Waals surface area (Å²) in [5.41, 5.74) is 0.0142.